The van der Waals surface area contributed by atoms with Gasteiger partial charge >= 0.3 is 0 Å². The standard InChI is InChI=1S/C16H13ClN4O/c17-16-7-2-1-5-14(16)10-22-15-6-3-4-13(8-15)9-20-21-11-18-19-12-21/h1-9,11-12H,10H2/b20-9+. The van der Waals surface area contributed by atoms with Crippen LogP contribution in [-0.2, 0) is 6.61 Å². The number of hydrogen-bond donors (Lipinski definition) is 0. The summed E-state index contributed by atoms with van der Waals surface area (Å²) in [5, 5.41) is 12.3. The van der Waals surface area contributed by atoms with Crippen molar-refractivity contribution >= 4 is 17.8 Å². The zero-order valence-corrected chi connectivity index (χ0v) is 12.4. The normalized spacial score (nSPS) is 11.0. The molecule has 110 valence electrons. The summed E-state index contributed by atoms with van der Waals surface area (Å²) < 4.78 is 7.30. The van der Waals surface area contributed by atoms with Crippen LogP contribution < -0.4 is 4.74 Å². The Hall–Kier alpha value is -2.66. The average Bonchev–Trinajstić information content (AvgIpc) is 3.06. The van der Waals surface area contributed by atoms with Crippen LogP contribution in [0.25, 0.3) is 0 Å². The van der Waals surface area contributed by atoms with Crippen LogP contribution in [-0.4, -0.2) is 21.1 Å². The molecule has 5 nitrogen and oxygen atoms in total. The summed E-state index contributed by atoms with van der Waals surface area (Å²) in [4.78, 5) is 0. The van der Waals surface area contributed by atoms with Gasteiger partial charge in [-0.1, -0.05) is 41.9 Å². The molecule has 0 atom stereocenters. The van der Waals surface area contributed by atoms with Crippen LogP contribution >= 0.6 is 11.6 Å². The molecule has 2 aromatic carbocycles. The van der Waals surface area contributed by atoms with E-state index in [4.69, 9.17) is 16.3 Å². The van der Waals surface area contributed by atoms with E-state index in [0.717, 1.165) is 16.9 Å². The first-order valence-corrected chi connectivity index (χ1v) is 7.04. The Morgan fingerprint density at radius 3 is 2.73 bits per heavy atom. The van der Waals surface area contributed by atoms with Crippen molar-refractivity contribution in [3.05, 3.63) is 77.3 Å². The van der Waals surface area contributed by atoms with Crippen LogP contribution in [0.3, 0.4) is 0 Å². The van der Waals surface area contributed by atoms with Gasteiger partial charge in [-0.15, -0.1) is 10.2 Å². The molecular weight excluding hydrogens is 300 g/mol. The summed E-state index contributed by atoms with van der Waals surface area (Å²) in [5.74, 6) is 0.757. The highest BCUT2D eigenvalue weighted by Gasteiger charge is 2.01. The second kappa shape index (κ2) is 6.87. The maximum atomic E-state index is 6.11. The lowest BCUT2D eigenvalue weighted by Crippen LogP contribution is -1.96. The number of aromatic nitrogens is 3. The first kappa shape index (κ1) is 14.3. The van der Waals surface area contributed by atoms with E-state index >= 15 is 0 Å². The summed E-state index contributed by atoms with van der Waals surface area (Å²) in [6.07, 6.45) is 4.76. The second-order valence-electron chi connectivity index (χ2n) is 4.54. The molecule has 0 radical (unpaired) electrons. The van der Waals surface area contributed by atoms with Crippen molar-refractivity contribution in [2.24, 2.45) is 5.10 Å². The fourth-order valence-electron chi connectivity index (χ4n) is 1.85. The van der Waals surface area contributed by atoms with Gasteiger partial charge in [-0.25, -0.2) is 4.68 Å². The van der Waals surface area contributed by atoms with Crippen molar-refractivity contribution < 1.29 is 4.74 Å². The molecule has 0 aliphatic rings. The van der Waals surface area contributed by atoms with Crippen LogP contribution in [0.4, 0.5) is 0 Å². The molecule has 0 aliphatic heterocycles. The zero-order valence-electron chi connectivity index (χ0n) is 11.6. The maximum Gasteiger partial charge on any atom is 0.141 e. The lowest BCUT2D eigenvalue weighted by molar-refractivity contribution is 0.306. The number of nitrogens with zero attached hydrogens (tertiary/aromatic N) is 4. The Kier molecular flexibility index (Phi) is 4.46. The van der Waals surface area contributed by atoms with Crippen molar-refractivity contribution in [1.82, 2.24) is 14.9 Å². The summed E-state index contributed by atoms with van der Waals surface area (Å²) in [6, 6.07) is 15.3. The third-order valence-electron chi connectivity index (χ3n) is 2.96. The first-order chi connectivity index (χ1) is 10.8. The molecule has 0 N–H and O–H groups in total. The fourth-order valence-corrected chi connectivity index (χ4v) is 2.04. The lowest BCUT2D eigenvalue weighted by atomic mass is 10.2. The van der Waals surface area contributed by atoms with Gasteiger partial charge in [0.25, 0.3) is 0 Å². The van der Waals surface area contributed by atoms with E-state index in [1.54, 1.807) is 6.21 Å². The summed E-state index contributed by atoms with van der Waals surface area (Å²) >= 11 is 6.11. The number of hydrogen-bond acceptors (Lipinski definition) is 4. The molecule has 0 bridgehead atoms. The van der Waals surface area contributed by atoms with Crippen LogP contribution in [0.5, 0.6) is 5.75 Å². The van der Waals surface area contributed by atoms with E-state index in [-0.39, 0.29) is 0 Å². The van der Waals surface area contributed by atoms with E-state index in [1.807, 2.05) is 48.5 Å². The van der Waals surface area contributed by atoms with Crippen molar-refractivity contribution in [3.8, 4) is 5.75 Å². The summed E-state index contributed by atoms with van der Waals surface area (Å²) in [7, 11) is 0. The molecule has 1 aromatic heterocycles. The van der Waals surface area contributed by atoms with Crippen molar-refractivity contribution in [1.29, 1.82) is 0 Å². The van der Waals surface area contributed by atoms with Crippen LogP contribution in [0.2, 0.25) is 5.02 Å². The average molecular weight is 313 g/mol. The fraction of sp³-hybridized carbons (Fsp3) is 0.0625. The summed E-state index contributed by atoms with van der Waals surface area (Å²) in [5.41, 5.74) is 1.87. The van der Waals surface area contributed by atoms with Crippen LogP contribution in [0.15, 0.2) is 66.3 Å². The Balaban J connectivity index is 1.68. The lowest BCUT2D eigenvalue weighted by Gasteiger charge is -2.08. The number of halogens is 1. The Morgan fingerprint density at radius 1 is 1.09 bits per heavy atom. The maximum absolute atomic E-state index is 6.11. The SMILES string of the molecule is Clc1ccccc1COc1cccc(/C=N/n2cnnc2)c1. The van der Waals surface area contributed by atoms with Gasteiger partial charge in [-0.2, -0.15) is 5.10 Å². The van der Waals surface area contributed by atoms with Gasteiger partial charge in [0.1, 0.15) is 25.0 Å². The predicted molar refractivity (Wildman–Crippen MR) is 85.2 cm³/mol. The van der Waals surface area contributed by atoms with Gasteiger partial charge in [0.05, 0.1) is 6.21 Å². The molecule has 22 heavy (non-hydrogen) atoms. The molecular formula is C16H13ClN4O. The first-order valence-electron chi connectivity index (χ1n) is 6.66. The molecule has 1 heterocycles. The topological polar surface area (TPSA) is 52.3 Å². The van der Waals surface area contributed by atoms with Gasteiger partial charge in [0.15, 0.2) is 0 Å². The molecule has 0 fully saturated rings. The number of ether oxygens (including phenoxy) is 1. The quantitative estimate of drug-likeness (QED) is 0.679. The molecule has 0 amide bonds. The minimum absolute atomic E-state index is 0.422. The largest absolute Gasteiger partial charge is 0.489 e. The van der Waals surface area contributed by atoms with E-state index in [0.29, 0.717) is 11.6 Å². The molecule has 0 unspecified atom stereocenters. The van der Waals surface area contributed by atoms with E-state index in [9.17, 15) is 0 Å². The number of rotatable bonds is 5. The van der Waals surface area contributed by atoms with E-state index in [2.05, 4.69) is 15.3 Å². The monoisotopic (exact) mass is 312 g/mol. The Bertz CT molecular complexity index is 771. The number of benzene rings is 2. The molecule has 0 aliphatic carbocycles. The van der Waals surface area contributed by atoms with Gasteiger partial charge in [0.2, 0.25) is 0 Å². The molecule has 0 saturated carbocycles. The highest BCUT2D eigenvalue weighted by atomic mass is 35.5. The molecule has 0 spiro atoms. The van der Waals surface area contributed by atoms with Gasteiger partial charge in [-0.05, 0) is 23.8 Å². The molecule has 3 rings (SSSR count). The Labute approximate surface area is 132 Å². The van der Waals surface area contributed by atoms with Gasteiger partial charge in [0, 0.05) is 10.6 Å². The predicted octanol–water partition coefficient (Wildman–Crippen LogP) is 3.39. The highest BCUT2D eigenvalue weighted by Crippen LogP contribution is 2.19. The third-order valence-corrected chi connectivity index (χ3v) is 3.33. The van der Waals surface area contributed by atoms with Crippen molar-refractivity contribution in [2.45, 2.75) is 6.61 Å². The second-order valence-corrected chi connectivity index (χ2v) is 4.95. The highest BCUT2D eigenvalue weighted by molar-refractivity contribution is 6.31. The smallest absolute Gasteiger partial charge is 0.141 e. The van der Waals surface area contributed by atoms with Crippen molar-refractivity contribution in [3.63, 3.8) is 0 Å². The minimum atomic E-state index is 0.422. The molecule has 6 heteroatoms. The van der Waals surface area contributed by atoms with Gasteiger partial charge < -0.3 is 4.74 Å². The van der Waals surface area contributed by atoms with E-state index in [1.165, 1.54) is 17.3 Å². The molecule has 0 saturated heterocycles. The minimum Gasteiger partial charge on any atom is -0.489 e. The summed E-state index contributed by atoms with van der Waals surface area (Å²) in [6.45, 7) is 0.422. The zero-order chi connectivity index (χ0) is 15.2. The Morgan fingerprint density at radius 2 is 1.91 bits per heavy atom. The van der Waals surface area contributed by atoms with Crippen LogP contribution in [0.1, 0.15) is 11.1 Å². The van der Waals surface area contributed by atoms with Crippen LogP contribution in [0, 0.1) is 0 Å². The third kappa shape index (κ3) is 3.71. The molecule has 3 aromatic rings. The van der Waals surface area contributed by atoms with Crippen molar-refractivity contribution in [2.75, 3.05) is 0 Å². The van der Waals surface area contributed by atoms with Gasteiger partial charge in [-0.3, -0.25) is 0 Å². The van der Waals surface area contributed by atoms with E-state index < -0.39 is 0 Å².